The van der Waals surface area contributed by atoms with Gasteiger partial charge < -0.3 is 4.74 Å². The Kier molecular flexibility index (Phi) is 4.42. The molecule has 1 unspecified atom stereocenters. The topological polar surface area (TPSA) is 69.9 Å². The van der Waals surface area contributed by atoms with Crippen LogP contribution in [0.5, 0.6) is 5.75 Å². The minimum Gasteiger partial charge on any atom is -0.486 e. The fourth-order valence-corrected chi connectivity index (χ4v) is 2.14. The number of carbonyl (C=O) groups is 1. The van der Waals surface area contributed by atoms with Crippen LogP contribution in [0.25, 0.3) is 11.1 Å². The summed E-state index contributed by atoms with van der Waals surface area (Å²) in [5, 5.41) is 10.8. The Hall–Kier alpha value is -3.02. The van der Waals surface area contributed by atoms with Crippen LogP contribution in [0.3, 0.4) is 0 Å². The molecule has 1 heterocycles. The Morgan fingerprint density at radius 1 is 1.09 bits per heavy atom. The molecule has 3 aromatic rings. The summed E-state index contributed by atoms with van der Waals surface area (Å²) in [7, 11) is 0. The Morgan fingerprint density at radius 2 is 1.78 bits per heavy atom. The van der Waals surface area contributed by atoms with Gasteiger partial charge in [0.25, 0.3) is 0 Å². The lowest BCUT2D eigenvalue weighted by Crippen LogP contribution is -2.23. The standard InChI is InChI=1S/C17H16N4O2/c1-13(21-12-18-19-20-21)17(22)11-23-16-9-7-15(8-10-16)14-5-3-2-4-6-14/h2-10,12-13H,11H2,1H3. The highest BCUT2D eigenvalue weighted by Gasteiger charge is 2.16. The van der Waals surface area contributed by atoms with Gasteiger partial charge in [0, 0.05) is 0 Å². The van der Waals surface area contributed by atoms with Gasteiger partial charge in [0.15, 0.2) is 5.78 Å². The first-order valence-electron chi connectivity index (χ1n) is 7.27. The van der Waals surface area contributed by atoms with Crippen molar-refractivity contribution in [3.05, 3.63) is 60.9 Å². The van der Waals surface area contributed by atoms with Crippen molar-refractivity contribution in [1.82, 2.24) is 20.2 Å². The van der Waals surface area contributed by atoms with Gasteiger partial charge in [-0.2, -0.15) is 0 Å². The molecule has 0 radical (unpaired) electrons. The molecule has 0 fully saturated rings. The molecule has 116 valence electrons. The monoisotopic (exact) mass is 308 g/mol. The van der Waals surface area contributed by atoms with E-state index in [2.05, 4.69) is 15.5 Å². The fourth-order valence-electron chi connectivity index (χ4n) is 2.14. The zero-order valence-electron chi connectivity index (χ0n) is 12.7. The number of rotatable bonds is 6. The van der Waals surface area contributed by atoms with Crippen LogP contribution in [0.4, 0.5) is 0 Å². The van der Waals surface area contributed by atoms with E-state index in [-0.39, 0.29) is 12.4 Å². The van der Waals surface area contributed by atoms with Crippen molar-refractivity contribution < 1.29 is 9.53 Å². The van der Waals surface area contributed by atoms with E-state index in [9.17, 15) is 4.79 Å². The number of nitrogens with zero attached hydrogens (tertiary/aromatic N) is 4. The van der Waals surface area contributed by atoms with Crippen LogP contribution in [-0.4, -0.2) is 32.6 Å². The van der Waals surface area contributed by atoms with E-state index in [4.69, 9.17) is 4.74 Å². The molecule has 0 spiro atoms. The van der Waals surface area contributed by atoms with Gasteiger partial charge in [-0.15, -0.1) is 5.10 Å². The Morgan fingerprint density at radius 3 is 2.43 bits per heavy atom. The molecule has 0 aliphatic heterocycles. The summed E-state index contributed by atoms with van der Waals surface area (Å²) in [5.41, 5.74) is 2.24. The van der Waals surface area contributed by atoms with Gasteiger partial charge in [-0.25, -0.2) is 4.68 Å². The number of tetrazole rings is 1. The van der Waals surface area contributed by atoms with Crippen LogP contribution in [0.2, 0.25) is 0 Å². The van der Waals surface area contributed by atoms with Gasteiger partial charge in [-0.05, 0) is 40.6 Å². The fraction of sp³-hybridized carbons (Fsp3) is 0.176. The quantitative estimate of drug-likeness (QED) is 0.700. The molecule has 1 atom stereocenters. The third-order valence-corrected chi connectivity index (χ3v) is 3.57. The summed E-state index contributed by atoms with van der Waals surface area (Å²) in [5.74, 6) is 0.561. The van der Waals surface area contributed by atoms with E-state index in [1.807, 2.05) is 54.6 Å². The van der Waals surface area contributed by atoms with Gasteiger partial charge in [-0.3, -0.25) is 4.79 Å². The van der Waals surface area contributed by atoms with Crippen LogP contribution in [0.1, 0.15) is 13.0 Å². The van der Waals surface area contributed by atoms with Crippen LogP contribution >= 0.6 is 0 Å². The van der Waals surface area contributed by atoms with Crippen molar-refractivity contribution in [1.29, 1.82) is 0 Å². The normalized spacial score (nSPS) is 11.9. The van der Waals surface area contributed by atoms with Crippen LogP contribution in [0.15, 0.2) is 60.9 Å². The maximum atomic E-state index is 12.1. The average Bonchev–Trinajstić information content (AvgIpc) is 3.15. The minimum absolute atomic E-state index is 0.0221. The largest absolute Gasteiger partial charge is 0.486 e. The predicted octanol–water partition coefficient (Wildman–Crippen LogP) is 2.55. The second-order valence-electron chi connectivity index (χ2n) is 5.11. The number of benzene rings is 2. The molecule has 2 aromatic carbocycles. The van der Waals surface area contributed by atoms with Crippen molar-refractivity contribution in [2.75, 3.05) is 6.61 Å². The number of carbonyl (C=O) groups excluding carboxylic acids is 1. The van der Waals surface area contributed by atoms with E-state index < -0.39 is 6.04 Å². The first kappa shape index (κ1) is 14.9. The van der Waals surface area contributed by atoms with Gasteiger partial charge in [0.05, 0.1) is 0 Å². The lowest BCUT2D eigenvalue weighted by atomic mass is 10.1. The molecule has 0 saturated heterocycles. The first-order valence-corrected chi connectivity index (χ1v) is 7.27. The minimum atomic E-state index is -0.450. The van der Waals surface area contributed by atoms with E-state index in [1.54, 1.807) is 6.92 Å². The number of hydrogen-bond acceptors (Lipinski definition) is 5. The predicted molar refractivity (Wildman–Crippen MR) is 84.9 cm³/mol. The highest BCUT2D eigenvalue weighted by atomic mass is 16.5. The average molecular weight is 308 g/mol. The number of Topliss-reactive ketones (excluding diaryl/α,β-unsaturated/α-hetero) is 1. The Balaban J connectivity index is 1.60. The Bertz CT molecular complexity index is 755. The highest BCUT2D eigenvalue weighted by Crippen LogP contribution is 2.22. The molecule has 6 nitrogen and oxygen atoms in total. The summed E-state index contributed by atoms with van der Waals surface area (Å²) in [6.07, 6.45) is 1.41. The third-order valence-electron chi connectivity index (χ3n) is 3.57. The number of ether oxygens (including phenoxy) is 1. The van der Waals surface area contributed by atoms with Gasteiger partial charge >= 0.3 is 0 Å². The SMILES string of the molecule is CC(C(=O)COc1ccc(-c2ccccc2)cc1)n1cnnn1. The first-order chi connectivity index (χ1) is 11.2. The number of aromatic nitrogens is 4. The van der Waals surface area contributed by atoms with Crippen LogP contribution in [0, 0.1) is 0 Å². The summed E-state index contributed by atoms with van der Waals surface area (Å²) in [6.45, 7) is 1.71. The molecule has 0 saturated carbocycles. The maximum Gasteiger partial charge on any atom is 0.194 e. The number of ketones is 1. The van der Waals surface area contributed by atoms with Crippen molar-refractivity contribution >= 4 is 5.78 Å². The smallest absolute Gasteiger partial charge is 0.194 e. The van der Waals surface area contributed by atoms with E-state index in [0.717, 1.165) is 11.1 Å². The lowest BCUT2D eigenvalue weighted by molar-refractivity contribution is -0.124. The molecule has 6 heteroatoms. The second kappa shape index (κ2) is 6.83. The molecule has 0 amide bonds. The van der Waals surface area contributed by atoms with Crippen LogP contribution < -0.4 is 4.74 Å². The van der Waals surface area contributed by atoms with Crippen molar-refractivity contribution in [2.24, 2.45) is 0 Å². The molecule has 0 aliphatic carbocycles. The molecule has 3 rings (SSSR count). The summed E-state index contributed by atoms with van der Waals surface area (Å²) in [4.78, 5) is 12.1. The van der Waals surface area contributed by atoms with Gasteiger partial charge in [-0.1, -0.05) is 42.5 Å². The zero-order chi connectivity index (χ0) is 16.1. The van der Waals surface area contributed by atoms with Crippen LogP contribution in [-0.2, 0) is 4.79 Å². The summed E-state index contributed by atoms with van der Waals surface area (Å²) >= 11 is 0. The summed E-state index contributed by atoms with van der Waals surface area (Å²) in [6, 6.07) is 17.3. The van der Waals surface area contributed by atoms with E-state index in [1.165, 1.54) is 11.0 Å². The van der Waals surface area contributed by atoms with Gasteiger partial charge in [0.1, 0.15) is 24.7 Å². The molecule has 0 bridgehead atoms. The molecule has 0 N–H and O–H groups in total. The molecule has 0 aliphatic rings. The molecule has 1 aromatic heterocycles. The van der Waals surface area contributed by atoms with Crippen molar-refractivity contribution in [3.63, 3.8) is 0 Å². The molecule has 23 heavy (non-hydrogen) atoms. The van der Waals surface area contributed by atoms with Gasteiger partial charge in [0.2, 0.25) is 0 Å². The van der Waals surface area contributed by atoms with E-state index >= 15 is 0 Å². The van der Waals surface area contributed by atoms with Crippen molar-refractivity contribution in [3.8, 4) is 16.9 Å². The zero-order valence-corrected chi connectivity index (χ0v) is 12.7. The van der Waals surface area contributed by atoms with E-state index in [0.29, 0.717) is 5.75 Å². The Labute approximate surface area is 133 Å². The van der Waals surface area contributed by atoms with Crippen molar-refractivity contribution in [2.45, 2.75) is 13.0 Å². The summed E-state index contributed by atoms with van der Waals surface area (Å²) < 4.78 is 6.95. The second-order valence-corrected chi connectivity index (χ2v) is 5.11. The molecular formula is C17H16N4O2. The molecular weight excluding hydrogens is 292 g/mol. The third kappa shape index (κ3) is 3.60. The highest BCUT2D eigenvalue weighted by molar-refractivity contribution is 5.83. The lowest BCUT2D eigenvalue weighted by Gasteiger charge is -2.11. The number of hydrogen-bond donors (Lipinski definition) is 0. The maximum absolute atomic E-state index is 12.1.